The van der Waals surface area contributed by atoms with E-state index in [-0.39, 0.29) is 18.9 Å². The zero-order valence-electron chi connectivity index (χ0n) is 12.5. The standard InChI is InChI=1S/C16H18N2O4/c1-10-3-5-13(22-10)11(2)18-16(19)17-8-12-4-6-14-15(7-12)21-9-20-14/h3-7,11H,8-9H2,1-2H3,(H2,17,18,19)/t11-/m0/s1. The maximum absolute atomic E-state index is 11.9. The fraction of sp³-hybridized carbons (Fsp3) is 0.312. The molecule has 0 aliphatic carbocycles. The number of aryl methyl sites for hydroxylation is 1. The van der Waals surface area contributed by atoms with E-state index >= 15 is 0 Å². The third-order valence-electron chi connectivity index (χ3n) is 3.43. The Kier molecular flexibility index (Phi) is 3.91. The maximum Gasteiger partial charge on any atom is 0.315 e. The predicted molar refractivity (Wildman–Crippen MR) is 79.8 cm³/mol. The molecule has 1 aliphatic rings. The van der Waals surface area contributed by atoms with Gasteiger partial charge in [-0.1, -0.05) is 6.07 Å². The minimum absolute atomic E-state index is 0.189. The van der Waals surface area contributed by atoms with Crippen LogP contribution in [0, 0.1) is 6.92 Å². The van der Waals surface area contributed by atoms with Crippen LogP contribution in [-0.4, -0.2) is 12.8 Å². The Morgan fingerprint density at radius 3 is 2.82 bits per heavy atom. The molecule has 2 amide bonds. The number of rotatable bonds is 4. The zero-order valence-corrected chi connectivity index (χ0v) is 12.5. The summed E-state index contributed by atoms with van der Waals surface area (Å²) in [5.41, 5.74) is 0.945. The predicted octanol–water partition coefficient (Wildman–Crippen LogP) is 2.88. The number of carbonyl (C=O) groups excluding carboxylic acids is 1. The van der Waals surface area contributed by atoms with E-state index in [0.717, 1.165) is 22.8 Å². The number of ether oxygens (including phenoxy) is 2. The molecule has 6 heteroatoms. The molecule has 0 unspecified atom stereocenters. The van der Waals surface area contributed by atoms with E-state index in [9.17, 15) is 4.79 Å². The lowest BCUT2D eigenvalue weighted by atomic mass is 10.2. The van der Waals surface area contributed by atoms with Gasteiger partial charge in [0.2, 0.25) is 6.79 Å². The van der Waals surface area contributed by atoms with Crippen molar-refractivity contribution in [1.82, 2.24) is 10.6 Å². The molecule has 0 spiro atoms. The van der Waals surface area contributed by atoms with Gasteiger partial charge in [0, 0.05) is 6.54 Å². The lowest BCUT2D eigenvalue weighted by Crippen LogP contribution is -2.36. The van der Waals surface area contributed by atoms with Gasteiger partial charge in [-0.2, -0.15) is 0 Å². The van der Waals surface area contributed by atoms with Gasteiger partial charge < -0.3 is 24.5 Å². The van der Waals surface area contributed by atoms with Crippen LogP contribution in [0.3, 0.4) is 0 Å². The van der Waals surface area contributed by atoms with E-state index in [0.29, 0.717) is 12.3 Å². The first-order chi connectivity index (χ1) is 10.6. The van der Waals surface area contributed by atoms with Crippen LogP contribution in [0.25, 0.3) is 0 Å². The Morgan fingerprint density at radius 1 is 1.23 bits per heavy atom. The van der Waals surface area contributed by atoms with Crippen LogP contribution in [0.2, 0.25) is 0 Å². The van der Waals surface area contributed by atoms with Crippen molar-refractivity contribution in [3.63, 3.8) is 0 Å². The lowest BCUT2D eigenvalue weighted by molar-refractivity contribution is 0.174. The summed E-state index contributed by atoms with van der Waals surface area (Å²) in [6, 6.07) is 8.89. The van der Waals surface area contributed by atoms with Gasteiger partial charge in [0.15, 0.2) is 11.5 Å². The van der Waals surface area contributed by atoms with E-state index in [1.54, 1.807) is 0 Å². The molecule has 2 N–H and O–H groups in total. The number of fused-ring (bicyclic) bond motifs is 1. The van der Waals surface area contributed by atoms with Crippen molar-refractivity contribution in [1.29, 1.82) is 0 Å². The SMILES string of the molecule is Cc1ccc([C@H](C)NC(=O)NCc2ccc3c(c2)OCO3)o1. The van der Waals surface area contributed by atoms with Gasteiger partial charge in [-0.3, -0.25) is 0 Å². The molecular formula is C16H18N2O4. The topological polar surface area (TPSA) is 72.7 Å². The molecule has 1 aliphatic heterocycles. The summed E-state index contributed by atoms with van der Waals surface area (Å²) in [5.74, 6) is 2.99. The molecule has 22 heavy (non-hydrogen) atoms. The molecule has 2 aromatic rings. The van der Waals surface area contributed by atoms with Crippen LogP contribution in [-0.2, 0) is 6.54 Å². The third-order valence-corrected chi connectivity index (χ3v) is 3.43. The number of nitrogens with one attached hydrogen (secondary N) is 2. The highest BCUT2D eigenvalue weighted by Crippen LogP contribution is 2.32. The summed E-state index contributed by atoms with van der Waals surface area (Å²) in [5, 5.41) is 5.64. The van der Waals surface area contributed by atoms with Crippen molar-refractivity contribution >= 4 is 6.03 Å². The highest BCUT2D eigenvalue weighted by Gasteiger charge is 2.15. The largest absolute Gasteiger partial charge is 0.464 e. The number of hydrogen-bond donors (Lipinski definition) is 2. The summed E-state index contributed by atoms with van der Waals surface area (Å²) < 4.78 is 16.0. The Morgan fingerprint density at radius 2 is 2.05 bits per heavy atom. The van der Waals surface area contributed by atoms with Crippen molar-refractivity contribution in [2.45, 2.75) is 26.4 Å². The first-order valence-electron chi connectivity index (χ1n) is 7.11. The Hall–Kier alpha value is -2.63. The third kappa shape index (κ3) is 3.16. The Labute approximate surface area is 128 Å². The molecule has 1 atom stereocenters. The van der Waals surface area contributed by atoms with E-state index in [4.69, 9.17) is 13.9 Å². The Bertz CT molecular complexity index is 681. The molecule has 0 radical (unpaired) electrons. The summed E-state index contributed by atoms with van der Waals surface area (Å²) in [6.45, 7) is 4.40. The average Bonchev–Trinajstić information content (AvgIpc) is 3.13. The van der Waals surface area contributed by atoms with Crippen molar-refractivity contribution in [2.75, 3.05) is 6.79 Å². The fourth-order valence-electron chi connectivity index (χ4n) is 2.24. The van der Waals surface area contributed by atoms with Gasteiger partial charge in [0.25, 0.3) is 0 Å². The fourth-order valence-corrected chi connectivity index (χ4v) is 2.24. The van der Waals surface area contributed by atoms with Gasteiger partial charge >= 0.3 is 6.03 Å². The summed E-state index contributed by atoms with van der Waals surface area (Å²) in [6.07, 6.45) is 0. The van der Waals surface area contributed by atoms with Crippen LogP contribution in [0.5, 0.6) is 11.5 Å². The molecule has 2 heterocycles. The summed E-state index contributed by atoms with van der Waals surface area (Å²) in [4.78, 5) is 11.9. The van der Waals surface area contributed by atoms with Gasteiger partial charge in [-0.05, 0) is 43.7 Å². The lowest BCUT2D eigenvalue weighted by Gasteiger charge is -2.12. The number of furan rings is 1. The Balaban J connectivity index is 1.52. The number of urea groups is 1. The molecular weight excluding hydrogens is 284 g/mol. The normalized spacial score (nSPS) is 13.7. The molecule has 0 fully saturated rings. The van der Waals surface area contributed by atoms with Crippen LogP contribution in [0.15, 0.2) is 34.7 Å². The summed E-state index contributed by atoms with van der Waals surface area (Å²) >= 11 is 0. The van der Waals surface area contributed by atoms with Gasteiger partial charge in [-0.25, -0.2) is 4.79 Å². The van der Waals surface area contributed by atoms with Crippen molar-refractivity contribution in [3.05, 3.63) is 47.4 Å². The number of carbonyl (C=O) groups is 1. The van der Waals surface area contributed by atoms with Crippen LogP contribution in [0.4, 0.5) is 4.79 Å². The maximum atomic E-state index is 11.9. The quantitative estimate of drug-likeness (QED) is 0.911. The number of hydrogen-bond acceptors (Lipinski definition) is 4. The number of amides is 2. The first-order valence-corrected chi connectivity index (χ1v) is 7.11. The van der Waals surface area contributed by atoms with Gasteiger partial charge in [-0.15, -0.1) is 0 Å². The van der Waals surface area contributed by atoms with Crippen LogP contribution < -0.4 is 20.1 Å². The monoisotopic (exact) mass is 302 g/mol. The smallest absolute Gasteiger partial charge is 0.315 e. The van der Waals surface area contributed by atoms with Crippen molar-refractivity contribution in [3.8, 4) is 11.5 Å². The van der Waals surface area contributed by atoms with Crippen LogP contribution >= 0.6 is 0 Å². The van der Waals surface area contributed by atoms with E-state index in [2.05, 4.69) is 10.6 Å². The average molecular weight is 302 g/mol. The van der Waals surface area contributed by atoms with Gasteiger partial charge in [0.1, 0.15) is 11.5 Å². The molecule has 3 rings (SSSR count). The highest BCUT2D eigenvalue weighted by atomic mass is 16.7. The van der Waals surface area contributed by atoms with E-state index in [1.165, 1.54) is 0 Å². The van der Waals surface area contributed by atoms with Crippen LogP contribution in [0.1, 0.15) is 30.0 Å². The molecule has 0 bridgehead atoms. The second kappa shape index (κ2) is 6.01. The second-order valence-corrected chi connectivity index (χ2v) is 5.18. The molecule has 0 saturated heterocycles. The zero-order chi connectivity index (χ0) is 15.5. The molecule has 6 nitrogen and oxygen atoms in total. The highest BCUT2D eigenvalue weighted by molar-refractivity contribution is 5.74. The molecule has 0 saturated carbocycles. The minimum atomic E-state index is -0.251. The van der Waals surface area contributed by atoms with E-state index < -0.39 is 0 Å². The molecule has 1 aromatic heterocycles. The second-order valence-electron chi connectivity index (χ2n) is 5.18. The molecule has 1 aromatic carbocycles. The minimum Gasteiger partial charge on any atom is -0.464 e. The van der Waals surface area contributed by atoms with Crippen molar-refractivity contribution < 1.29 is 18.7 Å². The number of benzene rings is 1. The first kappa shape index (κ1) is 14.3. The van der Waals surface area contributed by atoms with Gasteiger partial charge in [0.05, 0.1) is 6.04 Å². The van der Waals surface area contributed by atoms with E-state index in [1.807, 2.05) is 44.2 Å². The van der Waals surface area contributed by atoms with Crippen molar-refractivity contribution in [2.24, 2.45) is 0 Å². The molecule has 116 valence electrons. The summed E-state index contributed by atoms with van der Waals surface area (Å²) in [7, 11) is 0.